The molecule has 4 nitrogen and oxygen atoms in total. The van der Waals surface area contributed by atoms with Gasteiger partial charge in [-0.1, -0.05) is 48.6 Å². The number of halogens is 6. The summed E-state index contributed by atoms with van der Waals surface area (Å²) >= 11 is 0. The Labute approximate surface area is 167 Å². The minimum absolute atomic E-state index is 0.193. The summed E-state index contributed by atoms with van der Waals surface area (Å²) in [6, 6.07) is 0. The van der Waals surface area contributed by atoms with Gasteiger partial charge in [0.2, 0.25) is 0 Å². The number of carbonyl (C=O) groups excluding carboxylic acids is 2. The Hall–Kier alpha value is -2.52. The van der Waals surface area contributed by atoms with E-state index in [4.69, 9.17) is 0 Å². The molecule has 2 amide bonds. The van der Waals surface area contributed by atoms with E-state index in [2.05, 4.69) is 0 Å². The predicted octanol–water partition coefficient (Wildman–Crippen LogP) is 3.01. The second-order valence-corrected chi connectivity index (χ2v) is 8.81. The third-order valence-electron chi connectivity index (χ3n) is 7.32. The molecule has 0 aromatic rings. The number of amides is 2. The maximum atomic E-state index is 13.0. The van der Waals surface area contributed by atoms with Crippen LogP contribution in [0.1, 0.15) is 0 Å². The third kappa shape index (κ3) is 2.19. The molecule has 0 atom stereocenters. The van der Waals surface area contributed by atoms with Crippen molar-refractivity contribution in [3.8, 4) is 0 Å². The lowest BCUT2D eigenvalue weighted by Gasteiger charge is -2.51. The molecule has 4 aliphatic rings. The number of hydrogen-bond acceptors (Lipinski definition) is 2. The van der Waals surface area contributed by atoms with Gasteiger partial charge in [-0.3, -0.25) is 9.59 Å². The van der Waals surface area contributed by atoms with E-state index in [9.17, 15) is 35.9 Å². The van der Waals surface area contributed by atoms with Crippen molar-refractivity contribution in [1.29, 1.82) is 0 Å². The molecule has 0 aromatic carbocycles. The highest BCUT2D eigenvalue weighted by atomic mass is 19.4. The molecule has 2 heterocycles. The Morgan fingerprint density at radius 3 is 0.900 bits per heavy atom. The summed E-state index contributed by atoms with van der Waals surface area (Å²) in [5.41, 5.74) is -3.72. The van der Waals surface area contributed by atoms with Gasteiger partial charge in [-0.2, -0.15) is 26.3 Å². The standard InChI is InChI=1S/C20H16F6N2O2/c21-19(22,23)13(29)27-9-15-1-2-16(4-3-15)10-28(14(30)20(24,25)26)12-18(16)7-5-17(15,11-27)6-8-18/h1-8H,9-12H2. The van der Waals surface area contributed by atoms with Crippen LogP contribution in [0.3, 0.4) is 0 Å². The van der Waals surface area contributed by atoms with Crippen molar-refractivity contribution >= 4 is 11.8 Å². The molecule has 0 saturated carbocycles. The third-order valence-corrected chi connectivity index (χ3v) is 7.32. The molecule has 10 heteroatoms. The Morgan fingerprint density at radius 1 is 0.533 bits per heavy atom. The number of hydrogen-bond donors (Lipinski definition) is 0. The summed E-state index contributed by atoms with van der Waals surface area (Å²) < 4.78 is 78.1. The van der Waals surface area contributed by atoms with Gasteiger partial charge < -0.3 is 9.80 Å². The zero-order chi connectivity index (χ0) is 21.8. The molecule has 0 unspecified atom stereocenters. The van der Waals surface area contributed by atoms with Crippen LogP contribution in [0.4, 0.5) is 26.3 Å². The molecule has 0 bridgehead atoms. The molecule has 2 aliphatic heterocycles. The molecule has 2 fully saturated rings. The van der Waals surface area contributed by atoms with Crippen molar-refractivity contribution in [3.63, 3.8) is 0 Å². The van der Waals surface area contributed by atoms with Crippen LogP contribution < -0.4 is 0 Å². The fourth-order valence-electron chi connectivity index (χ4n) is 5.68. The van der Waals surface area contributed by atoms with Gasteiger partial charge in [0.1, 0.15) is 0 Å². The second kappa shape index (κ2) is 5.20. The van der Waals surface area contributed by atoms with E-state index >= 15 is 0 Å². The van der Waals surface area contributed by atoms with Crippen molar-refractivity contribution in [2.24, 2.45) is 21.7 Å². The fraction of sp³-hybridized carbons (Fsp3) is 0.500. The number of fused-ring (bicyclic) bond motifs is 2. The number of nitrogens with zero attached hydrogens (tertiary/aromatic N) is 2. The Bertz CT molecular complexity index is 817. The quantitative estimate of drug-likeness (QED) is 0.438. The maximum Gasteiger partial charge on any atom is 0.471 e. The molecular formula is C20H16F6N2O2. The molecule has 4 spiro atoms. The number of rotatable bonds is 0. The van der Waals surface area contributed by atoms with Crippen molar-refractivity contribution in [1.82, 2.24) is 9.80 Å². The fourth-order valence-corrected chi connectivity index (χ4v) is 5.68. The highest BCUT2D eigenvalue weighted by molar-refractivity contribution is 5.84. The lowest BCUT2D eigenvalue weighted by Crippen LogP contribution is -2.48. The minimum atomic E-state index is -4.99. The number of likely N-dealkylation sites (tertiary alicyclic amines) is 2. The first kappa shape index (κ1) is 19.4. The smallest absolute Gasteiger partial charge is 0.332 e. The zero-order valence-electron chi connectivity index (χ0n) is 15.4. The topological polar surface area (TPSA) is 40.6 Å². The lowest BCUT2D eigenvalue weighted by molar-refractivity contribution is -0.184. The van der Waals surface area contributed by atoms with Crippen molar-refractivity contribution in [3.05, 3.63) is 48.6 Å². The predicted molar refractivity (Wildman–Crippen MR) is 91.6 cm³/mol. The van der Waals surface area contributed by atoms with Gasteiger partial charge >= 0.3 is 24.2 Å². The second-order valence-electron chi connectivity index (χ2n) is 8.81. The highest BCUT2D eigenvalue weighted by Crippen LogP contribution is 2.64. The van der Waals surface area contributed by atoms with E-state index in [1.54, 1.807) is 48.6 Å². The van der Waals surface area contributed by atoms with Gasteiger partial charge in [0.25, 0.3) is 0 Å². The minimum Gasteiger partial charge on any atom is -0.332 e. The van der Waals surface area contributed by atoms with Crippen LogP contribution in [0.2, 0.25) is 0 Å². The number of carbonyl (C=O) groups is 2. The SMILES string of the molecule is O=C(N1CC23C=CC4(C=C2)CN(C(=O)C(F)(F)F)CC42C=CC3(C=C2)C1)C(F)(F)F. The van der Waals surface area contributed by atoms with Crippen LogP contribution in [-0.4, -0.2) is 60.1 Å². The van der Waals surface area contributed by atoms with E-state index in [1.807, 2.05) is 0 Å². The van der Waals surface area contributed by atoms with Crippen LogP contribution in [0.25, 0.3) is 0 Å². The summed E-state index contributed by atoms with van der Waals surface area (Å²) in [4.78, 5) is 25.3. The lowest BCUT2D eigenvalue weighted by atomic mass is 9.50. The molecule has 2 saturated heterocycles. The Kier molecular flexibility index (Phi) is 3.37. The van der Waals surface area contributed by atoms with Gasteiger partial charge in [-0.25, -0.2) is 0 Å². The largest absolute Gasteiger partial charge is 0.471 e. The van der Waals surface area contributed by atoms with Gasteiger partial charge in [0, 0.05) is 47.8 Å². The average molecular weight is 430 g/mol. The Morgan fingerprint density at radius 2 is 0.733 bits per heavy atom. The van der Waals surface area contributed by atoms with Gasteiger partial charge in [-0.15, -0.1) is 0 Å². The summed E-state index contributed by atoms with van der Waals surface area (Å²) in [5, 5.41) is 0. The van der Waals surface area contributed by atoms with Gasteiger partial charge in [-0.05, 0) is 0 Å². The molecule has 160 valence electrons. The Balaban J connectivity index is 1.56. The van der Waals surface area contributed by atoms with E-state index < -0.39 is 45.8 Å². The normalized spacial score (nSPS) is 40.6. The van der Waals surface area contributed by atoms with Gasteiger partial charge in [0.15, 0.2) is 0 Å². The van der Waals surface area contributed by atoms with Crippen LogP contribution in [-0.2, 0) is 9.59 Å². The monoisotopic (exact) mass is 430 g/mol. The maximum absolute atomic E-state index is 13.0. The van der Waals surface area contributed by atoms with E-state index in [-0.39, 0.29) is 26.2 Å². The summed E-state index contributed by atoms with van der Waals surface area (Å²) in [7, 11) is 0. The first-order valence-electron chi connectivity index (χ1n) is 9.31. The number of alkyl halides is 6. The van der Waals surface area contributed by atoms with Crippen LogP contribution in [0, 0.1) is 21.7 Å². The first-order valence-corrected chi connectivity index (χ1v) is 9.31. The molecule has 2 aliphatic carbocycles. The molecule has 0 aromatic heterocycles. The molecule has 4 rings (SSSR count). The summed E-state index contributed by atoms with van der Waals surface area (Å²) in [5.74, 6) is -3.83. The zero-order valence-corrected chi connectivity index (χ0v) is 15.4. The van der Waals surface area contributed by atoms with E-state index in [1.165, 1.54) is 0 Å². The average Bonchev–Trinajstić information content (AvgIpc) is 3.08. The molecule has 0 radical (unpaired) electrons. The van der Waals surface area contributed by atoms with Crippen LogP contribution >= 0.6 is 0 Å². The highest BCUT2D eigenvalue weighted by Gasteiger charge is 2.66. The van der Waals surface area contributed by atoms with E-state index in [0.29, 0.717) is 0 Å². The first-order chi connectivity index (χ1) is 13.8. The summed E-state index contributed by atoms with van der Waals surface area (Å²) in [6.07, 6.45) is 3.68. The van der Waals surface area contributed by atoms with Crippen molar-refractivity contribution < 1.29 is 35.9 Å². The molecule has 30 heavy (non-hydrogen) atoms. The van der Waals surface area contributed by atoms with Crippen LogP contribution in [0.5, 0.6) is 0 Å². The van der Waals surface area contributed by atoms with Crippen LogP contribution in [0.15, 0.2) is 48.6 Å². The van der Waals surface area contributed by atoms with E-state index in [0.717, 1.165) is 9.80 Å². The van der Waals surface area contributed by atoms with Crippen molar-refractivity contribution in [2.45, 2.75) is 12.4 Å². The van der Waals surface area contributed by atoms with Gasteiger partial charge in [0.05, 0.1) is 0 Å². The molecular weight excluding hydrogens is 414 g/mol. The molecule has 0 N–H and O–H groups in total. The summed E-state index contributed by atoms with van der Waals surface area (Å²) in [6.45, 7) is -0.773. The van der Waals surface area contributed by atoms with Crippen molar-refractivity contribution in [2.75, 3.05) is 26.2 Å².